The molecule has 0 atom stereocenters. The lowest BCUT2D eigenvalue weighted by Crippen LogP contribution is -2.40. The van der Waals surface area contributed by atoms with Gasteiger partial charge in [-0.2, -0.15) is 5.10 Å². The number of ether oxygens (including phenoxy) is 1. The Morgan fingerprint density at radius 1 is 1.00 bits per heavy atom. The third-order valence-corrected chi connectivity index (χ3v) is 4.80. The van der Waals surface area contributed by atoms with E-state index in [0.29, 0.717) is 17.1 Å². The number of carbonyl (C=O) groups is 3. The first-order valence-electron chi connectivity index (χ1n) is 9.56. The van der Waals surface area contributed by atoms with Crippen LogP contribution in [0.15, 0.2) is 47.6 Å². The second-order valence-electron chi connectivity index (χ2n) is 7.03. The van der Waals surface area contributed by atoms with Gasteiger partial charge in [-0.1, -0.05) is 6.07 Å². The lowest BCUT2D eigenvalue weighted by molar-refractivity contribution is -0.135. The first kappa shape index (κ1) is 21.0. The van der Waals surface area contributed by atoms with Crippen LogP contribution in [0.1, 0.15) is 24.0 Å². The molecule has 0 spiro atoms. The van der Waals surface area contributed by atoms with Gasteiger partial charge < -0.3 is 15.4 Å². The van der Waals surface area contributed by atoms with Crippen molar-refractivity contribution in [1.82, 2.24) is 5.01 Å². The van der Waals surface area contributed by atoms with Gasteiger partial charge in [0.25, 0.3) is 5.91 Å². The second kappa shape index (κ2) is 9.21. The predicted molar refractivity (Wildman–Crippen MR) is 115 cm³/mol. The van der Waals surface area contributed by atoms with Crippen molar-refractivity contribution >= 4 is 34.8 Å². The quantitative estimate of drug-likeness (QED) is 0.768. The highest BCUT2D eigenvalue weighted by atomic mass is 16.5. The van der Waals surface area contributed by atoms with Gasteiger partial charge in [-0.3, -0.25) is 14.4 Å². The van der Waals surface area contributed by atoms with Gasteiger partial charge in [0, 0.05) is 24.2 Å². The van der Waals surface area contributed by atoms with Crippen molar-refractivity contribution in [1.29, 1.82) is 0 Å². The third kappa shape index (κ3) is 5.22. The summed E-state index contributed by atoms with van der Waals surface area (Å²) in [5, 5.41) is 10.7. The molecule has 0 radical (unpaired) electrons. The maximum atomic E-state index is 12.5. The van der Waals surface area contributed by atoms with Crippen molar-refractivity contribution in [3.05, 3.63) is 53.6 Å². The molecule has 0 saturated carbocycles. The zero-order chi connectivity index (χ0) is 21.7. The van der Waals surface area contributed by atoms with E-state index in [9.17, 15) is 14.4 Å². The number of aryl methyl sites for hydroxylation is 2. The van der Waals surface area contributed by atoms with Crippen LogP contribution < -0.4 is 15.4 Å². The summed E-state index contributed by atoms with van der Waals surface area (Å²) >= 11 is 0. The monoisotopic (exact) mass is 408 g/mol. The summed E-state index contributed by atoms with van der Waals surface area (Å²) in [6, 6.07) is 12.4. The predicted octanol–water partition coefficient (Wildman–Crippen LogP) is 2.87. The number of anilines is 2. The molecule has 1 heterocycles. The number of hydrogen-bond acceptors (Lipinski definition) is 5. The van der Waals surface area contributed by atoms with E-state index in [2.05, 4.69) is 15.7 Å². The fraction of sp³-hybridized carbons (Fsp3) is 0.273. The summed E-state index contributed by atoms with van der Waals surface area (Å²) in [6.45, 7) is 3.68. The SMILES string of the molecule is COc1ccc(NC(=O)C2=NN(CC(=O)Nc3ccc(C)c(C)c3)C(=O)CC2)cc1. The molecule has 3 amide bonds. The number of hydrogen-bond donors (Lipinski definition) is 2. The molecule has 3 rings (SSSR count). The Labute approximate surface area is 174 Å². The normalized spacial score (nSPS) is 13.5. The Morgan fingerprint density at radius 3 is 2.37 bits per heavy atom. The molecule has 2 N–H and O–H groups in total. The molecule has 0 aliphatic carbocycles. The summed E-state index contributed by atoms with van der Waals surface area (Å²) in [4.78, 5) is 37.0. The zero-order valence-corrected chi connectivity index (χ0v) is 17.2. The maximum Gasteiger partial charge on any atom is 0.271 e. The van der Waals surface area contributed by atoms with E-state index in [1.165, 1.54) is 0 Å². The standard InChI is InChI=1S/C22H24N4O4/c1-14-4-5-17(12-15(14)2)23-20(27)13-26-21(28)11-10-19(25-26)22(29)24-16-6-8-18(30-3)9-7-16/h4-9,12H,10-11,13H2,1-3H3,(H,23,27)(H,24,29). The van der Waals surface area contributed by atoms with Crippen LogP contribution in [0.4, 0.5) is 11.4 Å². The molecular formula is C22H24N4O4. The largest absolute Gasteiger partial charge is 0.497 e. The Kier molecular flexibility index (Phi) is 6.46. The van der Waals surface area contributed by atoms with Crippen molar-refractivity contribution in [3.8, 4) is 5.75 Å². The lowest BCUT2D eigenvalue weighted by Gasteiger charge is -2.22. The Balaban J connectivity index is 1.64. The average Bonchev–Trinajstić information content (AvgIpc) is 2.73. The number of nitrogens with zero attached hydrogens (tertiary/aromatic N) is 2. The average molecular weight is 408 g/mol. The molecule has 30 heavy (non-hydrogen) atoms. The van der Waals surface area contributed by atoms with Crippen LogP contribution in [-0.2, 0) is 14.4 Å². The molecule has 1 aliphatic rings. The van der Waals surface area contributed by atoms with E-state index in [1.54, 1.807) is 37.4 Å². The zero-order valence-electron chi connectivity index (χ0n) is 17.2. The highest BCUT2D eigenvalue weighted by Gasteiger charge is 2.26. The van der Waals surface area contributed by atoms with Gasteiger partial charge in [-0.25, -0.2) is 5.01 Å². The van der Waals surface area contributed by atoms with E-state index in [4.69, 9.17) is 4.74 Å². The lowest BCUT2D eigenvalue weighted by atomic mass is 10.1. The van der Waals surface area contributed by atoms with Crippen molar-refractivity contribution in [2.24, 2.45) is 5.10 Å². The van der Waals surface area contributed by atoms with Gasteiger partial charge in [0.15, 0.2) is 0 Å². The van der Waals surface area contributed by atoms with Gasteiger partial charge in [-0.05, 0) is 61.4 Å². The van der Waals surface area contributed by atoms with Crippen molar-refractivity contribution < 1.29 is 19.1 Å². The van der Waals surface area contributed by atoms with Crippen LogP contribution in [0.5, 0.6) is 5.75 Å². The number of methoxy groups -OCH3 is 1. The van der Waals surface area contributed by atoms with Gasteiger partial charge in [0.2, 0.25) is 11.8 Å². The van der Waals surface area contributed by atoms with Gasteiger partial charge in [0.05, 0.1) is 7.11 Å². The summed E-state index contributed by atoms with van der Waals surface area (Å²) in [7, 11) is 1.56. The fourth-order valence-electron chi connectivity index (χ4n) is 2.92. The van der Waals surface area contributed by atoms with Crippen molar-refractivity contribution in [2.45, 2.75) is 26.7 Å². The molecule has 1 aliphatic heterocycles. The van der Waals surface area contributed by atoms with Gasteiger partial charge in [0.1, 0.15) is 18.0 Å². The molecule has 0 aromatic heterocycles. The smallest absolute Gasteiger partial charge is 0.271 e. The number of hydrazone groups is 1. The Morgan fingerprint density at radius 2 is 1.70 bits per heavy atom. The van der Waals surface area contributed by atoms with E-state index >= 15 is 0 Å². The molecule has 2 aromatic rings. The Hall–Kier alpha value is -3.68. The van der Waals surface area contributed by atoms with Crippen LogP contribution >= 0.6 is 0 Å². The van der Waals surface area contributed by atoms with Crippen LogP contribution in [-0.4, -0.2) is 42.1 Å². The molecular weight excluding hydrogens is 384 g/mol. The Bertz CT molecular complexity index is 999. The summed E-state index contributed by atoms with van der Waals surface area (Å²) in [6.07, 6.45) is 0.335. The number of benzene rings is 2. The minimum atomic E-state index is -0.410. The van der Waals surface area contributed by atoms with Crippen LogP contribution in [0.2, 0.25) is 0 Å². The highest BCUT2D eigenvalue weighted by Crippen LogP contribution is 2.17. The molecule has 156 valence electrons. The fourth-order valence-corrected chi connectivity index (χ4v) is 2.92. The van der Waals surface area contributed by atoms with Crippen LogP contribution in [0, 0.1) is 13.8 Å². The molecule has 8 heteroatoms. The second-order valence-corrected chi connectivity index (χ2v) is 7.03. The van der Waals surface area contributed by atoms with Crippen LogP contribution in [0.25, 0.3) is 0 Å². The first-order valence-corrected chi connectivity index (χ1v) is 9.56. The van der Waals surface area contributed by atoms with Crippen molar-refractivity contribution in [2.75, 3.05) is 24.3 Å². The summed E-state index contributed by atoms with van der Waals surface area (Å²) < 4.78 is 5.09. The minimum Gasteiger partial charge on any atom is -0.497 e. The van der Waals surface area contributed by atoms with Gasteiger partial charge >= 0.3 is 0 Å². The number of nitrogens with one attached hydrogen (secondary N) is 2. The molecule has 0 unspecified atom stereocenters. The number of rotatable bonds is 6. The van der Waals surface area contributed by atoms with Crippen molar-refractivity contribution in [3.63, 3.8) is 0 Å². The van der Waals surface area contributed by atoms with E-state index < -0.39 is 5.91 Å². The number of amides is 3. The van der Waals surface area contributed by atoms with E-state index in [0.717, 1.165) is 16.1 Å². The van der Waals surface area contributed by atoms with Gasteiger partial charge in [-0.15, -0.1) is 0 Å². The molecule has 0 bridgehead atoms. The molecule has 8 nitrogen and oxygen atoms in total. The van der Waals surface area contributed by atoms with Crippen LogP contribution in [0.3, 0.4) is 0 Å². The molecule has 0 fully saturated rings. The third-order valence-electron chi connectivity index (χ3n) is 4.80. The summed E-state index contributed by atoms with van der Waals surface area (Å²) in [5.41, 5.74) is 3.60. The van der Waals surface area contributed by atoms with E-state index in [-0.39, 0.29) is 36.9 Å². The number of carbonyl (C=O) groups excluding carboxylic acids is 3. The van der Waals surface area contributed by atoms with E-state index in [1.807, 2.05) is 26.0 Å². The highest BCUT2D eigenvalue weighted by molar-refractivity contribution is 6.43. The maximum absolute atomic E-state index is 12.5. The molecule has 2 aromatic carbocycles. The minimum absolute atomic E-state index is 0.117. The first-order chi connectivity index (χ1) is 14.4. The topological polar surface area (TPSA) is 100 Å². The molecule has 0 saturated heterocycles. The summed E-state index contributed by atoms with van der Waals surface area (Å²) in [5.74, 6) is -0.416.